The lowest BCUT2D eigenvalue weighted by molar-refractivity contribution is -0.141. The topological polar surface area (TPSA) is 62.5 Å². The van der Waals surface area contributed by atoms with Gasteiger partial charge in [-0.3, -0.25) is 9.69 Å². The second kappa shape index (κ2) is 5.91. The van der Waals surface area contributed by atoms with E-state index < -0.39 is 0 Å². The average Bonchev–Trinajstić information content (AvgIpc) is 2.81. The number of amides is 1. The second-order valence-corrected chi connectivity index (χ2v) is 6.35. The first-order valence-electron chi connectivity index (χ1n) is 7.17. The van der Waals surface area contributed by atoms with Crippen molar-refractivity contribution < 1.29 is 9.21 Å². The Morgan fingerprint density at radius 2 is 1.85 bits per heavy atom. The van der Waals surface area contributed by atoms with Gasteiger partial charge in [0.2, 0.25) is 17.7 Å². The molecule has 1 aliphatic heterocycles. The summed E-state index contributed by atoms with van der Waals surface area (Å²) >= 11 is 0. The lowest BCUT2D eigenvalue weighted by atomic mass is 9.94. The third-order valence-corrected chi connectivity index (χ3v) is 3.51. The SMILES string of the molecule is Cc1nnc(CCN2CCN(C(=O)C(C)(C)C)CC2)o1. The molecule has 112 valence electrons. The number of carbonyl (C=O) groups is 1. The Morgan fingerprint density at radius 3 is 2.35 bits per heavy atom. The molecule has 1 aromatic rings. The van der Waals surface area contributed by atoms with Crippen LogP contribution in [0.15, 0.2) is 4.42 Å². The van der Waals surface area contributed by atoms with Crippen LogP contribution in [0.25, 0.3) is 0 Å². The molecule has 1 aromatic heterocycles. The van der Waals surface area contributed by atoms with Crippen LogP contribution in [-0.4, -0.2) is 58.6 Å². The minimum Gasteiger partial charge on any atom is -0.426 e. The molecule has 0 aromatic carbocycles. The van der Waals surface area contributed by atoms with Crippen molar-refractivity contribution in [3.8, 4) is 0 Å². The molecule has 0 radical (unpaired) electrons. The minimum atomic E-state index is -0.288. The predicted octanol–water partition coefficient (Wildman–Crippen LogP) is 1.11. The van der Waals surface area contributed by atoms with Crippen molar-refractivity contribution in [2.75, 3.05) is 32.7 Å². The van der Waals surface area contributed by atoms with E-state index in [-0.39, 0.29) is 11.3 Å². The van der Waals surface area contributed by atoms with E-state index in [0.717, 1.165) is 39.1 Å². The quantitative estimate of drug-likeness (QED) is 0.830. The van der Waals surface area contributed by atoms with E-state index in [1.807, 2.05) is 25.7 Å². The van der Waals surface area contributed by atoms with Crippen molar-refractivity contribution in [2.45, 2.75) is 34.1 Å². The lowest BCUT2D eigenvalue weighted by Gasteiger charge is -2.37. The van der Waals surface area contributed by atoms with Crippen molar-refractivity contribution >= 4 is 5.91 Å². The Morgan fingerprint density at radius 1 is 1.20 bits per heavy atom. The van der Waals surface area contributed by atoms with Crippen molar-refractivity contribution in [3.05, 3.63) is 11.8 Å². The molecule has 6 nitrogen and oxygen atoms in total. The van der Waals surface area contributed by atoms with Crippen LogP contribution in [-0.2, 0) is 11.2 Å². The molecule has 1 aliphatic rings. The lowest BCUT2D eigenvalue weighted by Crippen LogP contribution is -2.51. The fourth-order valence-corrected chi connectivity index (χ4v) is 2.34. The highest BCUT2D eigenvalue weighted by atomic mass is 16.4. The van der Waals surface area contributed by atoms with Crippen LogP contribution in [0.4, 0.5) is 0 Å². The molecule has 1 fully saturated rings. The molecule has 1 amide bonds. The number of nitrogens with zero attached hydrogens (tertiary/aromatic N) is 4. The molecular weight excluding hydrogens is 256 g/mol. The zero-order valence-corrected chi connectivity index (χ0v) is 12.8. The summed E-state index contributed by atoms with van der Waals surface area (Å²) in [4.78, 5) is 16.5. The Labute approximate surface area is 120 Å². The van der Waals surface area contributed by atoms with Crippen molar-refractivity contribution in [2.24, 2.45) is 5.41 Å². The van der Waals surface area contributed by atoms with Crippen LogP contribution in [0, 0.1) is 12.3 Å². The van der Waals surface area contributed by atoms with Crippen LogP contribution < -0.4 is 0 Å². The van der Waals surface area contributed by atoms with E-state index in [9.17, 15) is 4.79 Å². The molecule has 0 aliphatic carbocycles. The Hall–Kier alpha value is -1.43. The number of rotatable bonds is 3. The molecule has 0 unspecified atom stereocenters. The Balaban J connectivity index is 1.76. The van der Waals surface area contributed by atoms with E-state index in [4.69, 9.17) is 4.42 Å². The summed E-state index contributed by atoms with van der Waals surface area (Å²) in [7, 11) is 0. The van der Waals surface area contributed by atoms with Gasteiger partial charge in [-0.15, -0.1) is 10.2 Å². The summed E-state index contributed by atoms with van der Waals surface area (Å²) in [5, 5.41) is 7.82. The highest BCUT2D eigenvalue weighted by Gasteiger charge is 2.29. The van der Waals surface area contributed by atoms with Gasteiger partial charge in [-0.1, -0.05) is 20.8 Å². The minimum absolute atomic E-state index is 0.240. The van der Waals surface area contributed by atoms with Crippen LogP contribution in [0.1, 0.15) is 32.6 Å². The molecular formula is C14H24N4O2. The summed E-state index contributed by atoms with van der Waals surface area (Å²) in [6.45, 7) is 12.0. The maximum atomic E-state index is 12.2. The monoisotopic (exact) mass is 280 g/mol. The zero-order valence-electron chi connectivity index (χ0n) is 12.8. The third kappa shape index (κ3) is 3.79. The number of hydrogen-bond donors (Lipinski definition) is 0. The van der Waals surface area contributed by atoms with Gasteiger partial charge in [0.15, 0.2) is 0 Å². The number of aromatic nitrogens is 2. The second-order valence-electron chi connectivity index (χ2n) is 6.35. The number of carbonyl (C=O) groups excluding carboxylic acids is 1. The smallest absolute Gasteiger partial charge is 0.228 e. The van der Waals surface area contributed by atoms with Gasteiger partial charge in [0.05, 0.1) is 0 Å². The number of aryl methyl sites for hydroxylation is 1. The summed E-state index contributed by atoms with van der Waals surface area (Å²) < 4.78 is 5.37. The standard InChI is InChI=1S/C14H24N4O2/c1-11-15-16-12(20-11)5-6-17-7-9-18(10-8-17)13(19)14(2,3)4/h5-10H2,1-4H3. The summed E-state index contributed by atoms with van der Waals surface area (Å²) in [5.41, 5.74) is -0.288. The van der Waals surface area contributed by atoms with Crippen molar-refractivity contribution in [1.29, 1.82) is 0 Å². The van der Waals surface area contributed by atoms with E-state index in [2.05, 4.69) is 15.1 Å². The third-order valence-electron chi connectivity index (χ3n) is 3.51. The average molecular weight is 280 g/mol. The maximum Gasteiger partial charge on any atom is 0.228 e. The van der Waals surface area contributed by atoms with Crippen LogP contribution in [0.3, 0.4) is 0 Å². The van der Waals surface area contributed by atoms with E-state index in [0.29, 0.717) is 11.8 Å². The first-order chi connectivity index (χ1) is 9.36. The van der Waals surface area contributed by atoms with Gasteiger partial charge in [0.1, 0.15) is 0 Å². The molecule has 0 atom stereocenters. The van der Waals surface area contributed by atoms with Crippen LogP contribution in [0.2, 0.25) is 0 Å². The van der Waals surface area contributed by atoms with Crippen molar-refractivity contribution in [3.63, 3.8) is 0 Å². The summed E-state index contributed by atoms with van der Waals surface area (Å²) in [6, 6.07) is 0. The molecule has 20 heavy (non-hydrogen) atoms. The molecule has 0 bridgehead atoms. The van der Waals surface area contributed by atoms with Crippen LogP contribution >= 0.6 is 0 Å². The largest absolute Gasteiger partial charge is 0.426 e. The van der Waals surface area contributed by atoms with E-state index in [1.165, 1.54) is 0 Å². The highest BCUT2D eigenvalue weighted by molar-refractivity contribution is 5.81. The maximum absolute atomic E-state index is 12.2. The number of piperazine rings is 1. The first kappa shape index (κ1) is 15.0. The van der Waals surface area contributed by atoms with Gasteiger partial charge in [-0.05, 0) is 0 Å². The predicted molar refractivity (Wildman–Crippen MR) is 75.2 cm³/mol. The van der Waals surface area contributed by atoms with Crippen LogP contribution in [0.5, 0.6) is 0 Å². The summed E-state index contributed by atoms with van der Waals surface area (Å²) in [5.74, 6) is 1.54. The van der Waals surface area contributed by atoms with Gasteiger partial charge in [-0.2, -0.15) is 0 Å². The van der Waals surface area contributed by atoms with E-state index >= 15 is 0 Å². The Kier molecular flexibility index (Phi) is 4.42. The van der Waals surface area contributed by atoms with Gasteiger partial charge < -0.3 is 9.32 Å². The summed E-state index contributed by atoms with van der Waals surface area (Å²) in [6.07, 6.45) is 0.772. The molecule has 2 rings (SSSR count). The molecule has 0 saturated carbocycles. The van der Waals surface area contributed by atoms with Gasteiger partial charge in [-0.25, -0.2) is 0 Å². The molecule has 2 heterocycles. The Bertz CT molecular complexity index is 456. The normalized spacial score (nSPS) is 17.5. The van der Waals surface area contributed by atoms with Gasteiger partial charge >= 0.3 is 0 Å². The fourth-order valence-electron chi connectivity index (χ4n) is 2.34. The van der Waals surface area contributed by atoms with Crippen molar-refractivity contribution in [1.82, 2.24) is 20.0 Å². The van der Waals surface area contributed by atoms with Gasteiger partial charge in [0, 0.05) is 51.5 Å². The fraction of sp³-hybridized carbons (Fsp3) is 0.786. The van der Waals surface area contributed by atoms with E-state index in [1.54, 1.807) is 6.92 Å². The molecule has 0 spiro atoms. The molecule has 1 saturated heterocycles. The highest BCUT2D eigenvalue weighted by Crippen LogP contribution is 2.18. The first-order valence-corrected chi connectivity index (χ1v) is 7.17. The number of hydrogen-bond acceptors (Lipinski definition) is 5. The molecule has 6 heteroatoms. The van der Waals surface area contributed by atoms with Gasteiger partial charge in [0.25, 0.3) is 0 Å². The zero-order chi connectivity index (χ0) is 14.8. The molecule has 0 N–H and O–H groups in total.